The fourth-order valence-electron chi connectivity index (χ4n) is 4.83. The lowest BCUT2D eigenvalue weighted by molar-refractivity contribution is -0.186. The van der Waals surface area contributed by atoms with E-state index in [0.717, 1.165) is 4.90 Å². The number of carbonyl (C=O) groups excluding carboxylic acids is 3. The highest BCUT2D eigenvalue weighted by molar-refractivity contribution is 6.21. The number of rotatable bonds is 5. The van der Waals surface area contributed by atoms with Gasteiger partial charge in [-0.3, -0.25) is 19.3 Å². The van der Waals surface area contributed by atoms with Crippen molar-refractivity contribution in [1.29, 1.82) is 0 Å². The van der Waals surface area contributed by atoms with Gasteiger partial charge in [-0.05, 0) is 48.2 Å². The van der Waals surface area contributed by atoms with Crippen LogP contribution in [-0.4, -0.2) is 43.5 Å². The van der Waals surface area contributed by atoms with Crippen LogP contribution in [0.15, 0.2) is 59.8 Å². The topological polar surface area (TPSA) is 84.9 Å². The molecule has 0 saturated carbocycles. The van der Waals surface area contributed by atoms with Crippen molar-refractivity contribution in [1.82, 2.24) is 5.32 Å². The van der Waals surface area contributed by atoms with E-state index in [-0.39, 0.29) is 35.5 Å². The molecule has 0 saturated heterocycles. The number of carbonyl (C=O) groups is 3. The molecule has 2 aliphatic rings. The molecular weight excluding hydrogens is 477 g/mol. The van der Waals surface area contributed by atoms with Crippen molar-refractivity contribution in [3.05, 3.63) is 65.4 Å². The summed E-state index contributed by atoms with van der Waals surface area (Å²) in [6, 6.07) is 11.6. The lowest BCUT2D eigenvalue weighted by Crippen LogP contribution is -2.66. The van der Waals surface area contributed by atoms with E-state index in [2.05, 4.69) is 0 Å². The summed E-state index contributed by atoms with van der Waals surface area (Å²) in [6.45, 7) is 3.48. The molecule has 4 rings (SSSR count). The minimum Gasteiger partial charge on any atom is -0.497 e. The Balaban J connectivity index is 1.93. The average Bonchev–Trinajstić information content (AvgIpc) is 3.06. The summed E-state index contributed by atoms with van der Waals surface area (Å²) >= 11 is 0. The first kappa shape index (κ1) is 25.3. The first-order chi connectivity index (χ1) is 16.9. The monoisotopic (exact) mass is 502 g/mol. The van der Waals surface area contributed by atoms with Gasteiger partial charge in [-0.1, -0.05) is 26.0 Å². The number of ketones is 1. The predicted octanol–water partition coefficient (Wildman–Crippen LogP) is 4.42. The molecule has 0 unspecified atom stereocenters. The normalized spacial score (nSPS) is 21.4. The van der Waals surface area contributed by atoms with Gasteiger partial charge in [0.25, 0.3) is 11.8 Å². The number of amides is 2. The molecule has 36 heavy (non-hydrogen) atoms. The maximum absolute atomic E-state index is 15.0. The molecule has 190 valence electrons. The quantitative estimate of drug-likeness (QED) is 0.654. The Bertz CT molecular complexity index is 1270. The number of methoxy groups -OCH3 is 2. The predicted molar refractivity (Wildman–Crippen MR) is 125 cm³/mol. The second-order valence-electron chi connectivity index (χ2n) is 9.50. The zero-order chi connectivity index (χ0) is 26.5. The van der Waals surface area contributed by atoms with Crippen molar-refractivity contribution in [3.63, 3.8) is 0 Å². The molecule has 2 aromatic rings. The summed E-state index contributed by atoms with van der Waals surface area (Å²) in [5.74, 6) is -3.05. The first-order valence-corrected chi connectivity index (χ1v) is 11.1. The van der Waals surface area contributed by atoms with E-state index in [4.69, 9.17) is 9.47 Å². The number of para-hydroxylation sites is 1. The van der Waals surface area contributed by atoms with Gasteiger partial charge in [0.15, 0.2) is 5.78 Å². The van der Waals surface area contributed by atoms with E-state index in [9.17, 15) is 27.6 Å². The lowest BCUT2D eigenvalue weighted by atomic mass is 9.72. The lowest BCUT2D eigenvalue weighted by Gasteiger charge is -2.35. The third kappa shape index (κ3) is 3.90. The Kier molecular flexibility index (Phi) is 6.10. The molecule has 1 N–H and O–H groups in total. The van der Waals surface area contributed by atoms with E-state index in [1.807, 2.05) is 5.32 Å². The highest BCUT2D eigenvalue weighted by Crippen LogP contribution is 2.53. The van der Waals surface area contributed by atoms with E-state index in [0.29, 0.717) is 5.75 Å². The van der Waals surface area contributed by atoms with Gasteiger partial charge in [0.05, 0.1) is 25.4 Å². The van der Waals surface area contributed by atoms with E-state index >= 15 is 0 Å². The van der Waals surface area contributed by atoms with E-state index < -0.39 is 40.3 Å². The fourth-order valence-corrected chi connectivity index (χ4v) is 4.83. The van der Waals surface area contributed by atoms with Crippen LogP contribution in [0.2, 0.25) is 0 Å². The summed E-state index contributed by atoms with van der Waals surface area (Å²) in [6.07, 6.45) is -5.51. The average molecular weight is 502 g/mol. The fraction of sp³-hybridized carbons (Fsp3) is 0.346. The van der Waals surface area contributed by atoms with Gasteiger partial charge in [0.2, 0.25) is 5.54 Å². The highest BCUT2D eigenvalue weighted by Gasteiger charge is 2.72. The van der Waals surface area contributed by atoms with Crippen LogP contribution < -0.4 is 19.7 Å². The van der Waals surface area contributed by atoms with Gasteiger partial charge in [0, 0.05) is 17.8 Å². The van der Waals surface area contributed by atoms with Crippen LogP contribution in [0.4, 0.5) is 18.9 Å². The molecule has 0 spiro atoms. The van der Waals surface area contributed by atoms with Crippen LogP contribution in [0.1, 0.15) is 37.0 Å². The molecule has 1 aliphatic heterocycles. The van der Waals surface area contributed by atoms with Crippen LogP contribution in [0.3, 0.4) is 0 Å². The second-order valence-corrected chi connectivity index (χ2v) is 9.50. The van der Waals surface area contributed by atoms with Crippen molar-refractivity contribution in [3.8, 4) is 11.5 Å². The number of hydrogen-bond donors (Lipinski definition) is 1. The largest absolute Gasteiger partial charge is 0.497 e. The van der Waals surface area contributed by atoms with Gasteiger partial charge in [-0.25, -0.2) is 0 Å². The molecule has 1 aliphatic carbocycles. The Morgan fingerprint density at radius 1 is 0.972 bits per heavy atom. The maximum atomic E-state index is 15.0. The van der Waals surface area contributed by atoms with E-state index in [1.54, 1.807) is 19.9 Å². The minimum absolute atomic E-state index is 0.0220. The summed E-state index contributed by atoms with van der Waals surface area (Å²) < 4.78 is 55.1. The Labute approximate surface area is 205 Å². The third-order valence-electron chi connectivity index (χ3n) is 6.43. The van der Waals surface area contributed by atoms with E-state index in [1.165, 1.54) is 56.7 Å². The van der Waals surface area contributed by atoms with Gasteiger partial charge in [-0.2, -0.15) is 13.2 Å². The number of hydrogen-bond acceptors (Lipinski definition) is 5. The van der Waals surface area contributed by atoms with Crippen molar-refractivity contribution < 1.29 is 37.0 Å². The number of allylic oxidation sites excluding steroid dienone is 1. The third-order valence-corrected chi connectivity index (χ3v) is 6.43. The summed E-state index contributed by atoms with van der Waals surface area (Å²) in [5.41, 5.74) is -5.17. The number of alkyl halides is 3. The van der Waals surface area contributed by atoms with Crippen LogP contribution in [0, 0.1) is 5.41 Å². The molecule has 1 heterocycles. The number of benzene rings is 2. The van der Waals surface area contributed by atoms with Crippen molar-refractivity contribution in [2.75, 3.05) is 19.1 Å². The van der Waals surface area contributed by atoms with Crippen LogP contribution in [0.25, 0.3) is 0 Å². The molecule has 0 aromatic heterocycles. The number of Topliss-reactive ketones (excluding diaryl/α,β-unsaturated/α-hetero) is 1. The molecule has 0 bridgehead atoms. The van der Waals surface area contributed by atoms with Crippen LogP contribution >= 0.6 is 0 Å². The highest BCUT2D eigenvalue weighted by atomic mass is 19.4. The number of anilines is 1. The minimum atomic E-state index is -5.32. The van der Waals surface area contributed by atoms with Crippen molar-refractivity contribution in [2.45, 2.75) is 38.4 Å². The molecule has 7 nitrogen and oxygen atoms in total. The van der Waals surface area contributed by atoms with Gasteiger partial charge < -0.3 is 14.8 Å². The standard InChI is InChI=1S/C26H25F3N2O5/c1-24(2)13-18-21(19(32)14-24)25(26(27,28)29,30-22(33)17-7-5-6-8-20(17)36-4)23(34)31(18)15-9-11-16(35-3)12-10-15/h5-12H,13-14H2,1-4H3,(H,30,33)/t25-/m1/s1. The number of halogens is 3. The van der Waals surface area contributed by atoms with Crippen molar-refractivity contribution in [2.24, 2.45) is 5.41 Å². The second kappa shape index (κ2) is 8.69. The Hall–Kier alpha value is -3.82. The Morgan fingerprint density at radius 2 is 1.61 bits per heavy atom. The maximum Gasteiger partial charge on any atom is 0.425 e. The van der Waals surface area contributed by atoms with Gasteiger partial charge in [0.1, 0.15) is 11.5 Å². The number of nitrogens with zero attached hydrogens (tertiary/aromatic N) is 1. The zero-order valence-corrected chi connectivity index (χ0v) is 20.2. The molecule has 0 fully saturated rings. The first-order valence-electron chi connectivity index (χ1n) is 11.1. The van der Waals surface area contributed by atoms with Crippen LogP contribution in [0.5, 0.6) is 11.5 Å². The number of nitrogens with one attached hydrogen (secondary N) is 1. The smallest absolute Gasteiger partial charge is 0.425 e. The van der Waals surface area contributed by atoms with Crippen molar-refractivity contribution >= 4 is 23.3 Å². The molecular formula is C26H25F3N2O5. The molecule has 10 heteroatoms. The SMILES string of the molecule is COc1ccc(N2C(=O)[C@@](NC(=O)c3ccccc3OC)(C(F)(F)F)C3=C2CC(C)(C)CC3=O)cc1. The summed E-state index contributed by atoms with van der Waals surface area (Å²) in [5, 5.41) is 1.91. The molecule has 0 radical (unpaired) electrons. The summed E-state index contributed by atoms with van der Waals surface area (Å²) in [7, 11) is 2.70. The zero-order valence-electron chi connectivity index (χ0n) is 20.2. The Morgan fingerprint density at radius 3 is 2.19 bits per heavy atom. The molecule has 2 amide bonds. The summed E-state index contributed by atoms with van der Waals surface area (Å²) in [4.78, 5) is 41.2. The molecule has 2 aromatic carbocycles. The molecule has 1 atom stereocenters. The van der Waals surface area contributed by atoms with Gasteiger partial charge >= 0.3 is 6.18 Å². The van der Waals surface area contributed by atoms with Gasteiger partial charge in [-0.15, -0.1) is 0 Å². The number of ether oxygens (including phenoxy) is 2. The van der Waals surface area contributed by atoms with Crippen LogP contribution in [-0.2, 0) is 9.59 Å².